The maximum absolute atomic E-state index is 11.5. The monoisotopic (exact) mass is 196 g/mol. The first-order chi connectivity index (χ1) is 6.77. The average molecular weight is 196 g/mol. The minimum atomic E-state index is -0.193. The van der Waals surface area contributed by atoms with Crippen molar-refractivity contribution in [2.45, 2.75) is 32.1 Å². The van der Waals surface area contributed by atoms with E-state index in [-0.39, 0.29) is 17.9 Å². The second kappa shape index (κ2) is 3.98. The van der Waals surface area contributed by atoms with Crippen LogP contribution < -0.4 is 5.32 Å². The summed E-state index contributed by atoms with van der Waals surface area (Å²) in [6.45, 7) is 1.59. The summed E-state index contributed by atoms with van der Waals surface area (Å²) in [4.78, 5) is 24.6. The van der Waals surface area contributed by atoms with Crippen LogP contribution in [-0.2, 0) is 4.79 Å². The van der Waals surface area contributed by atoms with E-state index in [0.717, 1.165) is 38.8 Å². The molecule has 0 aromatic heterocycles. The molecule has 1 N–H and O–H groups in total. The van der Waals surface area contributed by atoms with Gasteiger partial charge in [0.2, 0.25) is 5.91 Å². The van der Waals surface area contributed by atoms with Crippen molar-refractivity contribution >= 4 is 11.9 Å². The summed E-state index contributed by atoms with van der Waals surface area (Å²) < 4.78 is 0. The van der Waals surface area contributed by atoms with Crippen molar-refractivity contribution in [3.8, 4) is 0 Å². The summed E-state index contributed by atoms with van der Waals surface area (Å²) in [5.41, 5.74) is 0. The number of nitrogens with one attached hydrogen (secondary N) is 1. The number of hydrogen-bond donors (Lipinski definition) is 1. The van der Waals surface area contributed by atoms with Crippen molar-refractivity contribution in [1.29, 1.82) is 0 Å². The Kier molecular flexibility index (Phi) is 2.70. The molecule has 3 amide bonds. The first-order valence-electron chi connectivity index (χ1n) is 5.37. The number of hydrogen-bond acceptors (Lipinski definition) is 2. The Balaban J connectivity index is 1.78. The fourth-order valence-electron chi connectivity index (χ4n) is 1.73. The van der Waals surface area contributed by atoms with Crippen molar-refractivity contribution in [2.24, 2.45) is 5.92 Å². The van der Waals surface area contributed by atoms with Gasteiger partial charge in [0.15, 0.2) is 0 Å². The van der Waals surface area contributed by atoms with Crippen molar-refractivity contribution in [3.63, 3.8) is 0 Å². The van der Waals surface area contributed by atoms with E-state index < -0.39 is 0 Å². The maximum atomic E-state index is 11.5. The minimum Gasteiger partial charge on any atom is -0.324 e. The van der Waals surface area contributed by atoms with Crippen LogP contribution in [0.15, 0.2) is 0 Å². The first-order valence-corrected chi connectivity index (χ1v) is 5.37. The summed E-state index contributed by atoms with van der Waals surface area (Å²) in [5, 5.41) is 2.46. The lowest BCUT2D eigenvalue weighted by molar-refractivity contribution is -0.121. The average Bonchev–Trinajstić information content (AvgIpc) is 3.02. The quantitative estimate of drug-likeness (QED) is 0.683. The normalized spacial score (nSPS) is 21.9. The number of likely N-dealkylation sites (tertiary alicyclic amines) is 1. The lowest BCUT2D eigenvalue weighted by Gasteiger charge is -2.26. The summed E-state index contributed by atoms with van der Waals surface area (Å²) in [5.74, 6) is 0.0318. The van der Waals surface area contributed by atoms with Crippen LogP contribution in [0, 0.1) is 5.92 Å². The van der Waals surface area contributed by atoms with E-state index in [4.69, 9.17) is 0 Å². The van der Waals surface area contributed by atoms with Crippen molar-refractivity contribution in [1.82, 2.24) is 10.2 Å². The number of imide groups is 1. The molecular weight excluding hydrogens is 180 g/mol. The number of carbonyl (C=O) groups excluding carboxylic acids is 2. The highest BCUT2D eigenvalue weighted by Gasteiger charge is 2.31. The van der Waals surface area contributed by atoms with E-state index in [1.807, 2.05) is 0 Å². The third kappa shape index (κ3) is 2.25. The Bertz CT molecular complexity index is 243. The maximum Gasteiger partial charge on any atom is 0.324 e. The van der Waals surface area contributed by atoms with Gasteiger partial charge in [0, 0.05) is 19.0 Å². The predicted molar refractivity (Wildman–Crippen MR) is 51.7 cm³/mol. The van der Waals surface area contributed by atoms with E-state index in [2.05, 4.69) is 5.32 Å². The van der Waals surface area contributed by atoms with E-state index in [9.17, 15) is 9.59 Å². The van der Waals surface area contributed by atoms with Crippen LogP contribution >= 0.6 is 0 Å². The van der Waals surface area contributed by atoms with Gasteiger partial charge in [-0.1, -0.05) is 0 Å². The molecular formula is C10H16N2O2. The number of urea groups is 1. The van der Waals surface area contributed by atoms with E-state index in [1.54, 1.807) is 4.90 Å². The van der Waals surface area contributed by atoms with Crippen LogP contribution in [0.25, 0.3) is 0 Å². The SMILES string of the molecule is O=C(NC(=O)N1CCCCC1)C1CC1. The molecule has 1 aliphatic carbocycles. The van der Waals surface area contributed by atoms with E-state index in [1.165, 1.54) is 6.42 Å². The second-order valence-corrected chi connectivity index (χ2v) is 4.12. The summed E-state index contributed by atoms with van der Waals surface area (Å²) in [6, 6.07) is -0.193. The van der Waals surface area contributed by atoms with Gasteiger partial charge in [-0.3, -0.25) is 10.1 Å². The van der Waals surface area contributed by atoms with Gasteiger partial charge in [-0.15, -0.1) is 0 Å². The summed E-state index contributed by atoms with van der Waals surface area (Å²) in [6.07, 6.45) is 5.20. The fourth-order valence-corrected chi connectivity index (χ4v) is 1.73. The van der Waals surface area contributed by atoms with Gasteiger partial charge >= 0.3 is 6.03 Å². The molecule has 0 bridgehead atoms. The van der Waals surface area contributed by atoms with Crippen molar-refractivity contribution < 1.29 is 9.59 Å². The predicted octanol–water partition coefficient (Wildman–Crippen LogP) is 1.12. The van der Waals surface area contributed by atoms with Gasteiger partial charge in [0.05, 0.1) is 0 Å². The molecule has 0 atom stereocenters. The number of amides is 3. The third-order valence-electron chi connectivity index (χ3n) is 2.82. The molecule has 0 spiro atoms. The number of nitrogens with zero attached hydrogens (tertiary/aromatic N) is 1. The fraction of sp³-hybridized carbons (Fsp3) is 0.800. The molecule has 14 heavy (non-hydrogen) atoms. The van der Waals surface area contributed by atoms with Crippen LogP contribution in [0.4, 0.5) is 4.79 Å². The molecule has 0 unspecified atom stereocenters. The summed E-state index contributed by atoms with van der Waals surface area (Å²) in [7, 11) is 0. The molecule has 1 saturated heterocycles. The Morgan fingerprint density at radius 3 is 2.29 bits per heavy atom. The van der Waals surface area contributed by atoms with Crippen molar-refractivity contribution in [2.75, 3.05) is 13.1 Å². The van der Waals surface area contributed by atoms with Crippen molar-refractivity contribution in [3.05, 3.63) is 0 Å². The molecule has 4 nitrogen and oxygen atoms in total. The molecule has 1 aliphatic heterocycles. The van der Waals surface area contributed by atoms with Gasteiger partial charge in [0.25, 0.3) is 0 Å². The zero-order valence-electron chi connectivity index (χ0n) is 8.29. The number of piperidine rings is 1. The molecule has 1 heterocycles. The van der Waals surface area contributed by atoms with Crippen LogP contribution in [-0.4, -0.2) is 29.9 Å². The Morgan fingerprint density at radius 2 is 1.71 bits per heavy atom. The van der Waals surface area contributed by atoms with E-state index >= 15 is 0 Å². The number of carbonyl (C=O) groups is 2. The molecule has 2 aliphatic rings. The second-order valence-electron chi connectivity index (χ2n) is 4.12. The molecule has 78 valence electrons. The molecule has 2 rings (SSSR count). The molecule has 1 saturated carbocycles. The molecule has 4 heteroatoms. The zero-order chi connectivity index (χ0) is 9.97. The minimum absolute atomic E-state index is 0.0828. The topological polar surface area (TPSA) is 49.4 Å². The highest BCUT2D eigenvalue weighted by molar-refractivity contribution is 5.96. The number of rotatable bonds is 1. The van der Waals surface area contributed by atoms with Gasteiger partial charge in [-0.25, -0.2) is 4.79 Å². The molecule has 0 aromatic rings. The van der Waals surface area contributed by atoms with Crippen LogP contribution in [0.2, 0.25) is 0 Å². The highest BCUT2D eigenvalue weighted by atomic mass is 16.2. The lowest BCUT2D eigenvalue weighted by Crippen LogP contribution is -2.45. The van der Waals surface area contributed by atoms with Crippen LogP contribution in [0.1, 0.15) is 32.1 Å². The lowest BCUT2D eigenvalue weighted by atomic mass is 10.1. The Labute approximate surface area is 83.6 Å². The molecule has 0 radical (unpaired) electrons. The Morgan fingerprint density at radius 1 is 1.07 bits per heavy atom. The van der Waals surface area contributed by atoms with Gasteiger partial charge in [-0.2, -0.15) is 0 Å². The van der Waals surface area contributed by atoms with Crippen LogP contribution in [0.3, 0.4) is 0 Å². The van der Waals surface area contributed by atoms with E-state index in [0.29, 0.717) is 0 Å². The van der Waals surface area contributed by atoms with Crippen LogP contribution in [0.5, 0.6) is 0 Å². The summed E-state index contributed by atoms with van der Waals surface area (Å²) >= 11 is 0. The largest absolute Gasteiger partial charge is 0.324 e. The first kappa shape index (κ1) is 9.49. The van der Waals surface area contributed by atoms with Gasteiger partial charge in [-0.05, 0) is 32.1 Å². The van der Waals surface area contributed by atoms with Gasteiger partial charge < -0.3 is 4.90 Å². The third-order valence-corrected chi connectivity index (χ3v) is 2.82. The smallest absolute Gasteiger partial charge is 0.324 e. The highest BCUT2D eigenvalue weighted by Crippen LogP contribution is 2.28. The molecule has 2 fully saturated rings. The zero-order valence-corrected chi connectivity index (χ0v) is 8.29. The Hall–Kier alpha value is -1.06. The molecule has 0 aromatic carbocycles. The van der Waals surface area contributed by atoms with Gasteiger partial charge in [0.1, 0.15) is 0 Å². The standard InChI is InChI=1S/C10H16N2O2/c13-9(8-4-5-8)11-10(14)12-6-2-1-3-7-12/h8H,1-7H2,(H,11,13,14).